The van der Waals surface area contributed by atoms with Gasteiger partial charge in [-0.1, -0.05) is 29.3 Å². The molecule has 0 bridgehead atoms. The van der Waals surface area contributed by atoms with Crippen molar-refractivity contribution in [3.05, 3.63) is 39.9 Å². The van der Waals surface area contributed by atoms with Gasteiger partial charge in [-0.15, -0.1) is 0 Å². The van der Waals surface area contributed by atoms with E-state index in [0.29, 0.717) is 16.6 Å². The Hall–Kier alpha value is -1.56. The van der Waals surface area contributed by atoms with Crippen molar-refractivity contribution in [1.82, 2.24) is 4.90 Å². The van der Waals surface area contributed by atoms with Gasteiger partial charge in [0, 0.05) is 12.6 Å². The number of carboxylic acid groups (broad SMARTS) is 1. The molecule has 0 saturated carbocycles. The molecule has 7 heteroatoms. The number of carbonyl (C=O) groups excluding carboxylic acids is 1. The summed E-state index contributed by atoms with van der Waals surface area (Å²) in [6.07, 6.45) is 2.01. The van der Waals surface area contributed by atoms with Gasteiger partial charge >= 0.3 is 5.97 Å². The summed E-state index contributed by atoms with van der Waals surface area (Å²) in [6, 6.07) is 5.02. The second kappa shape index (κ2) is 6.93. The summed E-state index contributed by atoms with van der Waals surface area (Å²) in [5.41, 5.74) is 0.737. The number of aliphatic carboxylic acids is 1. The van der Waals surface area contributed by atoms with E-state index in [4.69, 9.17) is 33.0 Å². The van der Waals surface area contributed by atoms with E-state index in [1.165, 1.54) is 11.0 Å². The summed E-state index contributed by atoms with van der Waals surface area (Å²) in [6.45, 7) is 0.623. The largest absolute Gasteiger partial charge is 0.479 e. The molecule has 0 spiro atoms. The molecule has 1 aliphatic heterocycles. The van der Waals surface area contributed by atoms with Crippen molar-refractivity contribution in [3.63, 3.8) is 0 Å². The Morgan fingerprint density at radius 2 is 2.10 bits per heavy atom. The van der Waals surface area contributed by atoms with Gasteiger partial charge in [0.2, 0.25) is 5.91 Å². The molecule has 21 heavy (non-hydrogen) atoms. The highest BCUT2D eigenvalue weighted by Crippen LogP contribution is 2.23. The van der Waals surface area contributed by atoms with Gasteiger partial charge in [0.25, 0.3) is 0 Å². The number of ether oxygens (including phenoxy) is 1. The van der Waals surface area contributed by atoms with Crippen molar-refractivity contribution in [2.45, 2.75) is 6.10 Å². The van der Waals surface area contributed by atoms with Crippen LogP contribution >= 0.6 is 23.2 Å². The third-order valence-electron chi connectivity index (χ3n) is 3.02. The van der Waals surface area contributed by atoms with E-state index in [9.17, 15) is 9.59 Å². The maximum atomic E-state index is 12.0. The van der Waals surface area contributed by atoms with Crippen LogP contribution in [0.1, 0.15) is 5.56 Å². The van der Waals surface area contributed by atoms with Gasteiger partial charge in [-0.2, -0.15) is 0 Å². The van der Waals surface area contributed by atoms with Crippen LogP contribution in [0.5, 0.6) is 0 Å². The van der Waals surface area contributed by atoms with Crippen molar-refractivity contribution in [2.75, 3.05) is 19.7 Å². The van der Waals surface area contributed by atoms with Crippen molar-refractivity contribution < 1.29 is 19.4 Å². The summed E-state index contributed by atoms with van der Waals surface area (Å²) in [4.78, 5) is 24.3. The maximum absolute atomic E-state index is 12.0. The molecule has 1 aliphatic rings. The van der Waals surface area contributed by atoms with Crippen LogP contribution in [0.3, 0.4) is 0 Å². The Morgan fingerprint density at radius 3 is 2.76 bits per heavy atom. The second-order valence-corrected chi connectivity index (χ2v) is 5.30. The van der Waals surface area contributed by atoms with E-state index < -0.39 is 12.1 Å². The Bertz CT molecular complexity index is 588. The van der Waals surface area contributed by atoms with Gasteiger partial charge in [-0.25, -0.2) is 4.79 Å². The number of benzene rings is 1. The van der Waals surface area contributed by atoms with E-state index in [0.717, 1.165) is 5.56 Å². The van der Waals surface area contributed by atoms with E-state index in [1.807, 2.05) is 0 Å². The summed E-state index contributed by atoms with van der Waals surface area (Å²) in [5.74, 6) is -1.34. The molecule has 1 fully saturated rings. The zero-order chi connectivity index (χ0) is 15.4. The summed E-state index contributed by atoms with van der Waals surface area (Å²) in [5, 5.41) is 9.74. The molecule has 1 amide bonds. The van der Waals surface area contributed by atoms with Gasteiger partial charge in [-0.05, 0) is 23.8 Å². The topological polar surface area (TPSA) is 66.8 Å². The van der Waals surface area contributed by atoms with E-state index in [-0.39, 0.29) is 19.1 Å². The highest BCUT2D eigenvalue weighted by atomic mass is 35.5. The summed E-state index contributed by atoms with van der Waals surface area (Å²) >= 11 is 11.7. The molecule has 112 valence electrons. The van der Waals surface area contributed by atoms with E-state index in [1.54, 1.807) is 24.3 Å². The van der Waals surface area contributed by atoms with Crippen molar-refractivity contribution >= 4 is 41.2 Å². The summed E-state index contributed by atoms with van der Waals surface area (Å²) < 4.78 is 5.06. The van der Waals surface area contributed by atoms with Gasteiger partial charge < -0.3 is 14.7 Å². The second-order valence-electron chi connectivity index (χ2n) is 4.49. The third-order valence-corrected chi connectivity index (χ3v) is 3.75. The lowest BCUT2D eigenvalue weighted by atomic mass is 10.2. The van der Waals surface area contributed by atoms with Crippen molar-refractivity contribution in [3.8, 4) is 0 Å². The van der Waals surface area contributed by atoms with Crippen LogP contribution in [0.4, 0.5) is 0 Å². The molecule has 5 nitrogen and oxygen atoms in total. The number of rotatable bonds is 3. The van der Waals surface area contributed by atoms with Crippen LogP contribution in [0, 0.1) is 0 Å². The number of amides is 1. The number of nitrogens with zero attached hydrogens (tertiary/aromatic N) is 1. The number of carboxylic acids is 1. The Balaban J connectivity index is 2.01. The Kier molecular flexibility index (Phi) is 5.22. The molecule has 1 saturated heterocycles. The van der Waals surface area contributed by atoms with E-state index >= 15 is 0 Å². The standard InChI is InChI=1S/C14H13Cl2NO4/c15-10-3-1-9(7-11(10)16)2-4-13(18)17-5-6-21-12(8-17)14(19)20/h1-4,7,12H,5-6,8H2,(H,19,20). The van der Waals surface area contributed by atoms with Crippen LogP contribution in [-0.2, 0) is 14.3 Å². The predicted molar refractivity (Wildman–Crippen MR) is 79.5 cm³/mol. The number of hydrogen-bond acceptors (Lipinski definition) is 3. The lowest BCUT2D eigenvalue weighted by Gasteiger charge is -2.30. The number of carbonyl (C=O) groups is 2. The molecule has 0 aromatic heterocycles. The first kappa shape index (κ1) is 15.8. The van der Waals surface area contributed by atoms with Gasteiger partial charge in [0.1, 0.15) is 0 Å². The lowest BCUT2D eigenvalue weighted by Crippen LogP contribution is -2.48. The average molecular weight is 330 g/mol. The normalized spacial score (nSPS) is 19.0. The molecule has 2 rings (SSSR count). The molecule has 0 aliphatic carbocycles. The zero-order valence-electron chi connectivity index (χ0n) is 11.0. The fourth-order valence-electron chi connectivity index (χ4n) is 1.89. The molecule has 1 N–H and O–H groups in total. The smallest absolute Gasteiger partial charge is 0.334 e. The Morgan fingerprint density at radius 1 is 1.33 bits per heavy atom. The number of halogens is 2. The van der Waals surface area contributed by atoms with Gasteiger partial charge in [-0.3, -0.25) is 4.79 Å². The van der Waals surface area contributed by atoms with E-state index in [2.05, 4.69) is 0 Å². The number of hydrogen-bond donors (Lipinski definition) is 1. The molecule has 1 atom stereocenters. The first-order valence-corrected chi connectivity index (χ1v) is 6.99. The molecule has 0 radical (unpaired) electrons. The maximum Gasteiger partial charge on any atom is 0.334 e. The quantitative estimate of drug-likeness (QED) is 0.864. The van der Waals surface area contributed by atoms with Gasteiger partial charge in [0.05, 0.1) is 23.2 Å². The first-order valence-electron chi connectivity index (χ1n) is 6.24. The number of morpholine rings is 1. The monoisotopic (exact) mass is 329 g/mol. The summed E-state index contributed by atoms with van der Waals surface area (Å²) in [7, 11) is 0. The van der Waals surface area contributed by atoms with Crippen molar-refractivity contribution in [1.29, 1.82) is 0 Å². The van der Waals surface area contributed by atoms with Crippen LogP contribution < -0.4 is 0 Å². The third kappa shape index (κ3) is 4.20. The molecule has 1 unspecified atom stereocenters. The SMILES string of the molecule is O=C(O)C1CN(C(=O)C=Cc2ccc(Cl)c(Cl)c2)CCO1. The minimum atomic E-state index is -1.07. The molecule has 1 aromatic rings. The predicted octanol–water partition coefficient (Wildman–Crippen LogP) is 2.32. The molecule has 1 heterocycles. The highest BCUT2D eigenvalue weighted by Gasteiger charge is 2.27. The average Bonchev–Trinajstić information content (AvgIpc) is 2.48. The first-order chi connectivity index (χ1) is 9.97. The minimum absolute atomic E-state index is 0.0415. The van der Waals surface area contributed by atoms with Crippen LogP contribution in [0.25, 0.3) is 6.08 Å². The minimum Gasteiger partial charge on any atom is -0.479 e. The van der Waals surface area contributed by atoms with Crippen LogP contribution in [-0.4, -0.2) is 47.7 Å². The fourth-order valence-corrected chi connectivity index (χ4v) is 2.19. The zero-order valence-corrected chi connectivity index (χ0v) is 12.5. The lowest BCUT2D eigenvalue weighted by molar-refractivity contribution is -0.158. The molecular formula is C14H13Cl2NO4. The molecule has 1 aromatic carbocycles. The van der Waals surface area contributed by atoms with Crippen LogP contribution in [0.2, 0.25) is 10.0 Å². The fraction of sp³-hybridized carbons (Fsp3) is 0.286. The van der Waals surface area contributed by atoms with Gasteiger partial charge in [0.15, 0.2) is 6.10 Å². The molecular weight excluding hydrogens is 317 g/mol. The van der Waals surface area contributed by atoms with Crippen molar-refractivity contribution in [2.24, 2.45) is 0 Å². The Labute approximate surface area is 131 Å². The highest BCUT2D eigenvalue weighted by molar-refractivity contribution is 6.42. The van der Waals surface area contributed by atoms with Crippen LogP contribution in [0.15, 0.2) is 24.3 Å².